The van der Waals surface area contributed by atoms with Gasteiger partial charge in [-0.25, -0.2) is 4.39 Å². The summed E-state index contributed by atoms with van der Waals surface area (Å²) in [5.41, 5.74) is 7.00. The van der Waals surface area contributed by atoms with Crippen LogP contribution in [0.25, 0.3) is 22.2 Å². The number of piperidine rings is 1. The lowest BCUT2D eigenvalue weighted by molar-refractivity contribution is -0.730. The summed E-state index contributed by atoms with van der Waals surface area (Å²) in [6, 6.07) is 8.59. The molecule has 2 N–H and O–H groups in total. The van der Waals surface area contributed by atoms with E-state index in [1.165, 1.54) is 22.7 Å². The van der Waals surface area contributed by atoms with Crippen molar-refractivity contribution in [3.63, 3.8) is 0 Å². The highest BCUT2D eigenvalue weighted by Gasteiger charge is 2.24. The van der Waals surface area contributed by atoms with Crippen LogP contribution in [0, 0.1) is 12.7 Å². The molecule has 4 heterocycles. The minimum absolute atomic E-state index is 0.272. The van der Waals surface area contributed by atoms with Crippen molar-refractivity contribution in [2.24, 2.45) is 7.05 Å². The van der Waals surface area contributed by atoms with E-state index in [0.29, 0.717) is 11.5 Å². The standard InChI is InChI=1S/C26H31FN6/c1-16(2)25-22-12-19(18-7-9-33(10-8-18)15-20-14-32(4)31-30-20)5-6-24(22)29-26(25)21-11-17(3)28-13-23(21)27/h5-6,11-14,16,18H,7-10,15H2,1-4H3,(H,28,29)/p+1. The minimum atomic E-state index is -0.285. The summed E-state index contributed by atoms with van der Waals surface area (Å²) in [5.74, 6) is 0.528. The fourth-order valence-corrected chi connectivity index (χ4v) is 5.19. The number of fused-ring (bicyclic) bond motifs is 1. The highest BCUT2D eigenvalue weighted by molar-refractivity contribution is 5.92. The molecule has 5 rings (SSSR count). The third-order valence-electron chi connectivity index (χ3n) is 6.84. The second kappa shape index (κ2) is 8.71. The summed E-state index contributed by atoms with van der Waals surface area (Å²) >= 11 is 0. The van der Waals surface area contributed by atoms with Crippen LogP contribution in [-0.4, -0.2) is 38.3 Å². The highest BCUT2D eigenvalue weighted by Crippen LogP contribution is 2.39. The van der Waals surface area contributed by atoms with Gasteiger partial charge in [-0.1, -0.05) is 25.1 Å². The molecular formula is C26H32FN6+. The van der Waals surface area contributed by atoms with E-state index >= 15 is 0 Å². The van der Waals surface area contributed by atoms with Gasteiger partial charge in [0.25, 0.3) is 0 Å². The van der Waals surface area contributed by atoms with E-state index in [1.807, 2.05) is 30.9 Å². The van der Waals surface area contributed by atoms with Gasteiger partial charge in [0.2, 0.25) is 5.69 Å². The first-order valence-corrected chi connectivity index (χ1v) is 11.8. The summed E-state index contributed by atoms with van der Waals surface area (Å²) in [7, 11) is 1.96. The predicted molar refractivity (Wildman–Crippen MR) is 127 cm³/mol. The normalized spacial score (nSPS) is 15.7. The van der Waals surface area contributed by atoms with Crippen LogP contribution < -0.4 is 4.68 Å². The van der Waals surface area contributed by atoms with E-state index in [9.17, 15) is 4.39 Å². The Morgan fingerprint density at radius 3 is 2.70 bits per heavy atom. The third kappa shape index (κ3) is 4.29. The molecule has 6 nitrogen and oxygen atoms in total. The molecule has 1 aliphatic rings. The van der Waals surface area contributed by atoms with E-state index in [4.69, 9.17) is 0 Å². The molecule has 172 valence electrons. The number of pyridine rings is 1. The second-order valence-corrected chi connectivity index (χ2v) is 9.67. The lowest BCUT2D eigenvalue weighted by Gasteiger charge is -2.31. The van der Waals surface area contributed by atoms with Crippen LogP contribution in [0.4, 0.5) is 4.39 Å². The van der Waals surface area contributed by atoms with Crippen LogP contribution in [0.3, 0.4) is 0 Å². The van der Waals surface area contributed by atoms with Crippen molar-refractivity contribution >= 4 is 10.9 Å². The number of benzene rings is 1. The van der Waals surface area contributed by atoms with Gasteiger partial charge < -0.3 is 4.98 Å². The number of aryl methyl sites for hydroxylation is 2. The largest absolute Gasteiger partial charge is 0.354 e. The summed E-state index contributed by atoms with van der Waals surface area (Å²) in [6.07, 6.45) is 5.63. The molecule has 0 atom stereocenters. The monoisotopic (exact) mass is 447 g/mol. The van der Waals surface area contributed by atoms with Gasteiger partial charge >= 0.3 is 0 Å². The van der Waals surface area contributed by atoms with E-state index < -0.39 is 0 Å². The molecule has 0 aliphatic carbocycles. The first kappa shape index (κ1) is 21.8. The Morgan fingerprint density at radius 1 is 1.21 bits per heavy atom. The first-order valence-electron chi connectivity index (χ1n) is 11.8. The minimum Gasteiger partial charge on any atom is -0.354 e. The summed E-state index contributed by atoms with van der Waals surface area (Å²) in [6.45, 7) is 9.28. The van der Waals surface area contributed by atoms with Crippen LogP contribution in [0.1, 0.15) is 61.0 Å². The Bertz CT molecular complexity index is 1280. The number of rotatable bonds is 5. The molecular weight excluding hydrogens is 415 g/mol. The topological polar surface area (TPSA) is 64.5 Å². The number of nitrogens with zero attached hydrogens (tertiary/aromatic N) is 4. The molecule has 1 saturated heterocycles. The lowest BCUT2D eigenvalue weighted by atomic mass is 9.87. The predicted octanol–water partition coefficient (Wildman–Crippen LogP) is 4.73. The summed E-state index contributed by atoms with van der Waals surface area (Å²) < 4.78 is 16.6. The molecule has 0 unspecified atom stereocenters. The number of H-pyrrole nitrogens is 2. The van der Waals surface area contributed by atoms with Crippen molar-refractivity contribution in [1.29, 1.82) is 0 Å². The van der Waals surface area contributed by atoms with Crippen LogP contribution in [0.2, 0.25) is 0 Å². The van der Waals surface area contributed by atoms with E-state index in [0.717, 1.165) is 55.1 Å². The van der Waals surface area contributed by atoms with Crippen molar-refractivity contribution in [1.82, 2.24) is 25.2 Å². The Labute approximate surface area is 193 Å². The quantitative estimate of drug-likeness (QED) is 0.435. The zero-order valence-electron chi connectivity index (χ0n) is 19.8. The van der Waals surface area contributed by atoms with Gasteiger partial charge in [0.15, 0.2) is 12.0 Å². The molecule has 1 fully saturated rings. The molecule has 0 spiro atoms. The number of hydrogen-bond acceptors (Lipinski definition) is 3. The van der Waals surface area contributed by atoms with Gasteiger partial charge in [0, 0.05) is 27.3 Å². The fraction of sp³-hybridized carbons (Fsp3) is 0.423. The van der Waals surface area contributed by atoms with E-state index in [2.05, 4.69) is 57.2 Å². The molecule has 4 aromatic rings. The smallest absolute Gasteiger partial charge is 0.232 e. The molecule has 0 radical (unpaired) electrons. The highest BCUT2D eigenvalue weighted by atomic mass is 19.1. The van der Waals surface area contributed by atoms with Crippen LogP contribution in [0.5, 0.6) is 0 Å². The zero-order chi connectivity index (χ0) is 23.1. The van der Waals surface area contributed by atoms with Gasteiger partial charge in [0.1, 0.15) is 7.05 Å². The Hall–Kier alpha value is -3.06. The van der Waals surface area contributed by atoms with Crippen LogP contribution in [-0.2, 0) is 13.6 Å². The van der Waals surface area contributed by atoms with Crippen LogP contribution in [0.15, 0.2) is 36.7 Å². The molecule has 7 heteroatoms. The maximum absolute atomic E-state index is 14.7. The maximum atomic E-state index is 14.7. The maximum Gasteiger partial charge on any atom is 0.232 e. The Kier molecular flexibility index (Phi) is 5.74. The number of nitrogens with one attached hydrogen (secondary N) is 2. The average Bonchev–Trinajstić information content (AvgIpc) is 3.38. The van der Waals surface area contributed by atoms with Gasteiger partial charge in [-0.05, 0) is 74.0 Å². The first-order chi connectivity index (χ1) is 15.9. The van der Waals surface area contributed by atoms with Crippen LogP contribution >= 0.6 is 0 Å². The van der Waals surface area contributed by atoms with Gasteiger partial charge in [0.05, 0.1) is 18.4 Å². The number of hydrogen-bond donors (Lipinski definition) is 2. The van der Waals surface area contributed by atoms with E-state index in [1.54, 1.807) is 0 Å². The number of aromatic amines is 2. The summed E-state index contributed by atoms with van der Waals surface area (Å²) in [5, 5.41) is 8.51. The number of halogens is 1. The summed E-state index contributed by atoms with van der Waals surface area (Å²) in [4.78, 5) is 10.1. The van der Waals surface area contributed by atoms with Crippen molar-refractivity contribution < 1.29 is 9.07 Å². The fourth-order valence-electron chi connectivity index (χ4n) is 5.19. The average molecular weight is 448 g/mol. The molecule has 1 aliphatic heterocycles. The Morgan fingerprint density at radius 2 is 2.00 bits per heavy atom. The molecule has 0 bridgehead atoms. The molecule has 0 amide bonds. The van der Waals surface area contributed by atoms with Crippen molar-refractivity contribution in [2.75, 3.05) is 13.1 Å². The molecule has 3 aromatic heterocycles. The van der Waals surface area contributed by atoms with E-state index in [-0.39, 0.29) is 11.7 Å². The SMILES string of the molecule is Cc1cc(-c2[nH]c3ccc(C4CCN(Cc5c[n+](C)[nH]n5)CC4)cc3c2C(C)C)c(F)cn1. The number of aromatic nitrogens is 5. The van der Waals surface area contributed by atoms with Crippen molar-refractivity contribution in [3.8, 4) is 11.3 Å². The van der Waals surface area contributed by atoms with Gasteiger partial charge in [-0.3, -0.25) is 9.88 Å². The molecule has 33 heavy (non-hydrogen) atoms. The zero-order valence-corrected chi connectivity index (χ0v) is 19.8. The van der Waals surface area contributed by atoms with Crippen molar-refractivity contribution in [2.45, 2.75) is 52.0 Å². The lowest BCUT2D eigenvalue weighted by Crippen LogP contribution is -2.33. The second-order valence-electron chi connectivity index (χ2n) is 9.67. The molecule has 1 aromatic carbocycles. The molecule has 0 saturated carbocycles. The van der Waals surface area contributed by atoms with Gasteiger partial charge in [-0.2, -0.15) is 4.68 Å². The third-order valence-corrected chi connectivity index (χ3v) is 6.84. The van der Waals surface area contributed by atoms with Gasteiger partial charge in [-0.15, -0.1) is 0 Å². The Balaban J connectivity index is 1.41. The number of likely N-dealkylation sites (tertiary alicyclic amines) is 1. The van der Waals surface area contributed by atoms with Crippen molar-refractivity contribution in [3.05, 3.63) is 65.0 Å².